The molecule has 3 N–H and O–H groups in total. The first-order valence-electron chi connectivity index (χ1n) is 7.50. The SMILES string of the molecule is O=Nc1ccc(NC(=O)Nc2[nH+]cccc2N2CCCC2=O)cc1. The van der Waals surface area contributed by atoms with Gasteiger partial charge >= 0.3 is 11.8 Å². The zero-order chi connectivity index (χ0) is 16.9. The molecular weight excluding hydrogens is 310 g/mol. The normalized spacial score (nSPS) is 13.7. The summed E-state index contributed by atoms with van der Waals surface area (Å²) in [7, 11) is 0. The molecule has 8 heteroatoms. The van der Waals surface area contributed by atoms with Crippen molar-refractivity contribution in [3.63, 3.8) is 0 Å². The predicted molar refractivity (Wildman–Crippen MR) is 89.1 cm³/mol. The number of pyridine rings is 1. The lowest BCUT2D eigenvalue weighted by molar-refractivity contribution is -0.359. The van der Waals surface area contributed by atoms with E-state index in [-0.39, 0.29) is 11.6 Å². The van der Waals surface area contributed by atoms with E-state index in [1.54, 1.807) is 35.4 Å². The predicted octanol–water partition coefficient (Wildman–Crippen LogP) is 2.67. The quantitative estimate of drug-likeness (QED) is 0.844. The van der Waals surface area contributed by atoms with Crippen molar-refractivity contribution in [2.75, 3.05) is 22.1 Å². The summed E-state index contributed by atoms with van der Waals surface area (Å²) in [5.41, 5.74) is 1.44. The summed E-state index contributed by atoms with van der Waals surface area (Å²) >= 11 is 0. The molecule has 8 nitrogen and oxygen atoms in total. The highest BCUT2D eigenvalue weighted by Crippen LogP contribution is 2.26. The van der Waals surface area contributed by atoms with Gasteiger partial charge in [-0.25, -0.2) is 9.78 Å². The van der Waals surface area contributed by atoms with E-state index in [9.17, 15) is 14.5 Å². The van der Waals surface area contributed by atoms with Crippen molar-refractivity contribution < 1.29 is 14.6 Å². The molecule has 0 aliphatic carbocycles. The van der Waals surface area contributed by atoms with Crippen molar-refractivity contribution in [3.8, 4) is 0 Å². The zero-order valence-electron chi connectivity index (χ0n) is 12.8. The number of anilines is 3. The van der Waals surface area contributed by atoms with E-state index in [2.05, 4.69) is 20.8 Å². The van der Waals surface area contributed by atoms with Gasteiger partial charge < -0.3 is 4.90 Å². The first-order valence-corrected chi connectivity index (χ1v) is 7.50. The number of hydrogen-bond acceptors (Lipinski definition) is 4. The number of carbonyl (C=O) groups excluding carboxylic acids is 2. The molecule has 1 aromatic heterocycles. The molecule has 3 amide bonds. The number of hydrogen-bond donors (Lipinski definition) is 2. The third kappa shape index (κ3) is 3.37. The number of urea groups is 1. The summed E-state index contributed by atoms with van der Waals surface area (Å²) in [6, 6.07) is 9.26. The number of carbonyl (C=O) groups is 2. The largest absolute Gasteiger partial charge is 0.411 e. The van der Waals surface area contributed by atoms with E-state index >= 15 is 0 Å². The molecule has 1 fully saturated rings. The van der Waals surface area contributed by atoms with Gasteiger partial charge in [-0.05, 0) is 48.0 Å². The third-order valence-electron chi connectivity index (χ3n) is 3.67. The smallest absolute Gasteiger partial charge is 0.305 e. The molecule has 0 saturated carbocycles. The fourth-order valence-corrected chi connectivity index (χ4v) is 2.54. The van der Waals surface area contributed by atoms with Crippen LogP contribution in [0.25, 0.3) is 0 Å². The van der Waals surface area contributed by atoms with Crippen LogP contribution in [0, 0.1) is 4.91 Å². The lowest BCUT2D eigenvalue weighted by Crippen LogP contribution is -2.30. The molecule has 1 aliphatic heterocycles. The molecule has 1 saturated heterocycles. The maximum absolute atomic E-state index is 12.2. The van der Waals surface area contributed by atoms with Crippen LogP contribution in [0.3, 0.4) is 0 Å². The van der Waals surface area contributed by atoms with Crippen LogP contribution in [0.4, 0.5) is 27.7 Å². The molecule has 3 rings (SSSR count). The molecule has 1 aromatic carbocycles. The van der Waals surface area contributed by atoms with Crippen molar-refractivity contribution in [2.45, 2.75) is 12.8 Å². The van der Waals surface area contributed by atoms with Crippen LogP contribution < -0.4 is 20.5 Å². The number of rotatable bonds is 4. The van der Waals surface area contributed by atoms with Gasteiger partial charge in [-0.2, -0.15) is 5.32 Å². The molecule has 0 radical (unpaired) electrons. The van der Waals surface area contributed by atoms with Crippen LogP contribution in [0.1, 0.15) is 12.8 Å². The van der Waals surface area contributed by atoms with Gasteiger partial charge in [0.2, 0.25) is 5.91 Å². The maximum Gasteiger partial charge on any atom is 0.411 e. The Morgan fingerprint density at radius 1 is 1.17 bits per heavy atom. The molecule has 1 aliphatic rings. The summed E-state index contributed by atoms with van der Waals surface area (Å²) in [6.45, 7) is 0.632. The topological polar surface area (TPSA) is 105 Å². The van der Waals surface area contributed by atoms with Crippen molar-refractivity contribution in [3.05, 3.63) is 47.5 Å². The summed E-state index contributed by atoms with van der Waals surface area (Å²) in [6.07, 6.45) is 2.98. The Balaban J connectivity index is 1.72. The monoisotopic (exact) mass is 326 g/mol. The van der Waals surface area contributed by atoms with Gasteiger partial charge in [0.25, 0.3) is 0 Å². The number of aromatic amines is 1. The summed E-state index contributed by atoms with van der Waals surface area (Å²) in [5.74, 6) is 0.478. The van der Waals surface area contributed by atoms with Crippen LogP contribution in [0.2, 0.25) is 0 Å². The fraction of sp³-hybridized carbons (Fsp3) is 0.188. The molecule has 122 valence electrons. The number of nitrogens with one attached hydrogen (secondary N) is 3. The van der Waals surface area contributed by atoms with Crippen molar-refractivity contribution in [2.24, 2.45) is 5.18 Å². The molecule has 24 heavy (non-hydrogen) atoms. The van der Waals surface area contributed by atoms with Crippen molar-refractivity contribution in [1.82, 2.24) is 0 Å². The van der Waals surface area contributed by atoms with E-state index in [0.717, 1.165) is 6.42 Å². The van der Waals surface area contributed by atoms with Crippen LogP contribution in [0.5, 0.6) is 0 Å². The van der Waals surface area contributed by atoms with E-state index in [4.69, 9.17) is 0 Å². The van der Waals surface area contributed by atoms with Crippen LogP contribution >= 0.6 is 0 Å². The third-order valence-corrected chi connectivity index (χ3v) is 3.67. The van der Waals surface area contributed by atoms with Gasteiger partial charge in [0.05, 0.1) is 6.20 Å². The molecule has 0 spiro atoms. The summed E-state index contributed by atoms with van der Waals surface area (Å²) in [4.78, 5) is 39.0. The molecule has 2 heterocycles. The molecule has 0 bridgehead atoms. The van der Waals surface area contributed by atoms with Crippen LogP contribution in [0.15, 0.2) is 47.8 Å². The number of benzene rings is 1. The first kappa shape index (κ1) is 15.6. The second-order valence-electron chi connectivity index (χ2n) is 5.30. The highest BCUT2D eigenvalue weighted by molar-refractivity contribution is 6.03. The van der Waals surface area contributed by atoms with Crippen LogP contribution in [-0.4, -0.2) is 18.5 Å². The second kappa shape index (κ2) is 6.86. The Morgan fingerprint density at radius 2 is 1.96 bits per heavy atom. The molecule has 2 aromatic rings. The lowest BCUT2D eigenvalue weighted by atomic mass is 10.3. The van der Waals surface area contributed by atoms with E-state index < -0.39 is 6.03 Å². The Labute approximate surface area is 137 Å². The fourth-order valence-electron chi connectivity index (χ4n) is 2.54. The first-order chi connectivity index (χ1) is 11.7. The van der Waals surface area contributed by atoms with Gasteiger partial charge in [-0.1, -0.05) is 0 Å². The number of nitroso groups, excluding NO2 is 1. The minimum absolute atomic E-state index is 0.0370. The maximum atomic E-state index is 12.2. The Kier molecular flexibility index (Phi) is 4.46. The number of aromatic nitrogens is 1. The lowest BCUT2D eigenvalue weighted by Gasteiger charge is -2.15. The number of amides is 3. The average Bonchev–Trinajstić information content (AvgIpc) is 3.02. The van der Waals surface area contributed by atoms with Gasteiger partial charge in [-0.15, -0.1) is 4.91 Å². The average molecular weight is 326 g/mol. The molecule has 0 unspecified atom stereocenters. The number of H-pyrrole nitrogens is 1. The second-order valence-corrected chi connectivity index (χ2v) is 5.30. The Hall–Kier alpha value is -3.29. The summed E-state index contributed by atoms with van der Waals surface area (Å²) < 4.78 is 0. The van der Waals surface area contributed by atoms with Gasteiger partial charge in [-0.3, -0.25) is 10.1 Å². The minimum atomic E-state index is -0.461. The van der Waals surface area contributed by atoms with E-state index in [0.29, 0.717) is 30.2 Å². The van der Waals surface area contributed by atoms with Crippen LogP contribution in [-0.2, 0) is 4.79 Å². The van der Waals surface area contributed by atoms with Crippen molar-refractivity contribution in [1.29, 1.82) is 0 Å². The van der Waals surface area contributed by atoms with Gasteiger partial charge in [0.1, 0.15) is 11.4 Å². The Morgan fingerprint density at radius 3 is 2.62 bits per heavy atom. The summed E-state index contributed by atoms with van der Waals surface area (Å²) in [5, 5.41) is 8.15. The van der Waals surface area contributed by atoms with E-state index in [1.165, 1.54) is 12.1 Å². The van der Waals surface area contributed by atoms with Gasteiger partial charge in [0.15, 0.2) is 0 Å². The van der Waals surface area contributed by atoms with Gasteiger partial charge in [0, 0.05) is 18.7 Å². The molecular formula is C16H16N5O3+. The number of nitrogens with zero attached hydrogens (tertiary/aromatic N) is 2. The standard InChI is InChI=1S/C16H15N5O3/c22-14-4-2-10-21(14)13-3-1-9-17-15(13)19-16(23)18-11-5-7-12(20-24)8-6-11/h1,3,5-9H,2,4,10H2,(H2,17,18,19,23)/p+1. The molecule has 0 atom stereocenters. The zero-order valence-corrected chi connectivity index (χ0v) is 12.8. The van der Waals surface area contributed by atoms with Crippen molar-refractivity contribution >= 4 is 34.8 Å². The highest BCUT2D eigenvalue weighted by atomic mass is 16.3. The minimum Gasteiger partial charge on any atom is -0.305 e. The Bertz CT molecular complexity index is 776. The highest BCUT2D eigenvalue weighted by Gasteiger charge is 2.27. The van der Waals surface area contributed by atoms with E-state index in [1.807, 2.05) is 0 Å².